The number of likely N-dealkylation sites (tertiary alicyclic amines) is 1. The number of hydrogen-bond acceptors (Lipinski definition) is 2. The number of rotatable bonds is 1. The first-order valence-electron chi connectivity index (χ1n) is 6.78. The van der Waals surface area contributed by atoms with Crippen molar-refractivity contribution in [2.24, 2.45) is 5.73 Å². The van der Waals surface area contributed by atoms with Crippen LogP contribution in [0.25, 0.3) is 0 Å². The average Bonchev–Trinajstić information content (AvgIpc) is 2.28. The summed E-state index contributed by atoms with van der Waals surface area (Å²) in [6.07, 6.45) is 1.88. The van der Waals surface area contributed by atoms with E-state index in [1.54, 1.807) is 0 Å². The molecule has 0 aliphatic carbocycles. The fraction of sp³-hybridized carbons (Fsp3) is 0.600. The van der Waals surface area contributed by atoms with Gasteiger partial charge >= 0.3 is 0 Å². The van der Waals surface area contributed by atoms with Gasteiger partial charge in [-0.1, -0.05) is 6.07 Å². The van der Waals surface area contributed by atoms with Crippen molar-refractivity contribution in [3.63, 3.8) is 0 Å². The second-order valence-electron chi connectivity index (χ2n) is 6.28. The standard InChI is InChI=1S/C15H22F2N2/c1-15(2,3)19-8-4-5-13(18)14(19)11-7-6-10(16)9-12(11)17/h6-7,9,13-14H,4-5,8,18H2,1-3H3. The maximum absolute atomic E-state index is 14.0. The molecule has 2 unspecified atom stereocenters. The molecule has 1 aliphatic rings. The summed E-state index contributed by atoms with van der Waals surface area (Å²) in [7, 11) is 0. The minimum atomic E-state index is -0.548. The fourth-order valence-electron chi connectivity index (χ4n) is 2.92. The van der Waals surface area contributed by atoms with Gasteiger partial charge in [0.05, 0.1) is 6.04 Å². The van der Waals surface area contributed by atoms with Gasteiger partial charge in [0.1, 0.15) is 11.6 Å². The summed E-state index contributed by atoms with van der Waals surface area (Å²) >= 11 is 0. The van der Waals surface area contributed by atoms with E-state index in [0.29, 0.717) is 5.56 Å². The molecule has 0 bridgehead atoms. The van der Waals surface area contributed by atoms with Crippen LogP contribution in [0.4, 0.5) is 8.78 Å². The molecular formula is C15H22F2N2. The van der Waals surface area contributed by atoms with Gasteiger partial charge in [0.25, 0.3) is 0 Å². The highest BCUT2D eigenvalue weighted by Crippen LogP contribution is 2.36. The smallest absolute Gasteiger partial charge is 0.130 e. The summed E-state index contributed by atoms with van der Waals surface area (Å²) in [6, 6.07) is 3.47. The number of hydrogen-bond donors (Lipinski definition) is 1. The molecule has 2 nitrogen and oxygen atoms in total. The van der Waals surface area contributed by atoms with Crippen molar-refractivity contribution in [3.8, 4) is 0 Å². The Bertz CT molecular complexity index is 454. The summed E-state index contributed by atoms with van der Waals surface area (Å²) in [5.41, 5.74) is 6.61. The zero-order valence-corrected chi connectivity index (χ0v) is 11.8. The molecule has 0 radical (unpaired) electrons. The molecular weight excluding hydrogens is 246 g/mol. The molecule has 2 atom stereocenters. The van der Waals surface area contributed by atoms with Gasteiger partial charge in [-0.2, -0.15) is 0 Å². The van der Waals surface area contributed by atoms with E-state index in [0.717, 1.165) is 25.5 Å². The zero-order chi connectivity index (χ0) is 14.2. The van der Waals surface area contributed by atoms with Crippen molar-refractivity contribution in [3.05, 3.63) is 35.4 Å². The lowest BCUT2D eigenvalue weighted by Gasteiger charge is -2.47. The SMILES string of the molecule is CC(C)(C)N1CCCC(N)C1c1ccc(F)cc1F. The van der Waals surface area contributed by atoms with Crippen LogP contribution in [0.15, 0.2) is 18.2 Å². The minimum absolute atomic E-state index is 0.0937. The molecule has 1 aliphatic heterocycles. The van der Waals surface area contributed by atoms with E-state index in [1.165, 1.54) is 12.1 Å². The molecule has 2 rings (SSSR count). The molecule has 1 fully saturated rings. The lowest BCUT2D eigenvalue weighted by atomic mass is 9.86. The highest BCUT2D eigenvalue weighted by atomic mass is 19.1. The van der Waals surface area contributed by atoms with Crippen molar-refractivity contribution < 1.29 is 8.78 Å². The lowest BCUT2D eigenvalue weighted by Crippen LogP contribution is -2.53. The van der Waals surface area contributed by atoms with E-state index in [9.17, 15) is 8.78 Å². The van der Waals surface area contributed by atoms with E-state index >= 15 is 0 Å². The van der Waals surface area contributed by atoms with Gasteiger partial charge in [0.15, 0.2) is 0 Å². The molecule has 0 spiro atoms. The third kappa shape index (κ3) is 2.95. The third-order valence-corrected chi connectivity index (χ3v) is 3.82. The highest BCUT2D eigenvalue weighted by molar-refractivity contribution is 5.25. The molecule has 1 aromatic rings. The highest BCUT2D eigenvalue weighted by Gasteiger charge is 2.37. The van der Waals surface area contributed by atoms with Gasteiger partial charge < -0.3 is 5.73 Å². The maximum Gasteiger partial charge on any atom is 0.130 e. The lowest BCUT2D eigenvalue weighted by molar-refractivity contribution is 0.0366. The zero-order valence-electron chi connectivity index (χ0n) is 11.8. The Balaban J connectivity index is 2.42. The monoisotopic (exact) mass is 268 g/mol. The molecule has 19 heavy (non-hydrogen) atoms. The second kappa shape index (κ2) is 5.17. The number of piperidine rings is 1. The van der Waals surface area contributed by atoms with Gasteiger partial charge in [-0.05, 0) is 46.2 Å². The average molecular weight is 268 g/mol. The van der Waals surface area contributed by atoms with Gasteiger partial charge in [-0.15, -0.1) is 0 Å². The van der Waals surface area contributed by atoms with Crippen molar-refractivity contribution in [1.29, 1.82) is 0 Å². The molecule has 1 saturated heterocycles. The molecule has 0 saturated carbocycles. The fourth-order valence-corrected chi connectivity index (χ4v) is 2.92. The van der Waals surface area contributed by atoms with Crippen LogP contribution in [0.1, 0.15) is 45.2 Å². The van der Waals surface area contributed by atoms with Crippen molar-refractivity contribution >= 4 is 0 Å². The van der Waals surface area contributed by atoms with Gasteiger partial charge in [-0.3, -0.25) is 4.90 Å². The van der Waals surface area contributed by atoms with E-state index in [2.05, 4.69) is 25.7 Å². The van der Waals surface area contributed by atoms with Crippen LogP contribution < -0.4 is 5.73 Å². The number of halogens is 2. The van der Waals surface area contributed by atoms with E-state index in [4.69, 9.17) is 5.73 Å². The Morgan fingerprint density at radius 2 is 1.95 bits per heavy atom. The molecule has 2 N–H and O–H groups in total. The van der Waals surface area contributed by atoms with E-state index < -0.39 is 11.6 Å². The van der Waals surface area contributed by atoms with Crippen molar-refractivity contribution in [1.82, 2.24) is 4.90 Å². The van der Waals surface area contributed by atoms with Crippen LogP contribution in [0.5, 0.6) is 0 Å². The van der Waals surface area contributed by atoms with Crippen LogP contribution in [0.3, 0.4) is 0 Å². The Morgan fingerprint density at radius 3 is 2.53 bits per heavy atom. The topological polar surface area (TPSA) is 29.3 Å². The molecule has 1 aromatic carbocycles. The summed E-state index contributed by atoms with van der Waals surface area (Å²) in [6.45, 7) is 7.18. The Morgan fingerprint density at radius 1 is 1.26 bits per heavy atom. The molecule has 1 heterocycles. The van der Waals surface area contributed by atoms with Gasteiger partial charge in [0, 0.05) is 23.2 Å². The minimum Gasteiger partial charge on any atom is -0.326 e. The van der Waals surface area contributed by atoms with Crippen LogP contribution in [0, 0.1) is 11.6 Å². The number of nitrogens with zero attached hydrogens (tertiary/aromatic N) is 1. The Hall–Kier alpha value is -1.00. The van der Waals surface area contributed by atoms with Crippen molar-refractivity contribution in [2.75, 3.05) is 6.54 Å². The predicted octanol–water partition coefficient (Wildman–Crippen LogP) is 3.23. The Kier molecular flexibility index (Phi) is 3.92. The van der Waals surface area contributed by atoms with E-state index in [1.807, 2.05) is 0 Å². The first-order valence-corrected chi connectivity index (χ1v) is 6.78. The summed E-state index contributed by atoms with van der Waals surface area (Å²) in [5.74, 6) is -1.05. The number of nitrogens with two attached hydrogens (primary N) is 1. The molecule has 4 heteroatoms. The van der Waals surface area contributed by atoms with Crippen LogP contribution in [-0.4, -0.2) is 23.0 Å². The summed E-state index contributed by atoms with van der Waals surface area (Å²) < 4.78 is 27.1. The largest absolute Gasteiger partial charge is 0.326 e. The number of benzene rings is 1. The second-order valence-corrected chi connectivity index (χ2v) is 6.28. The quantitative estimate of drug-likeness (QED) is 0.847. The van der Waals surface area contributed by atoms with Gasteiger partial charge in [0.2, 0.25) is 0 Å². The van der Waals surface area contributed by atoms with Crippen LogP contribution in [0.2, 0.25) is 0 Å². The maximum atomic E-state index is 14.0. The summed E-state index contributed by atoms with van der Waals surface area (Å²) in [4.78, 5) is 2.22. The normalized spacial score (nSPS) is 25.6. The van der Waals surface area contributed by atoms with Crippen LogP contribution >= 0.6 is 0 Å². The Labute approximate surface area is 113 Å². The predicted molar refractivity (Wildman–Crippen MR) is 72.8 cm³/mol. The van der Waals surface area contributed by atoms with E-state index in [-0.39, 0.29) is 17.6 Å². The molecule has 0 amide bonds. The molecule has 0 aromatic heterocycles. The first-order chi connectivity index (χ1) is 8.80. The van der Waals surface area contributed by atoms with Crippen molar-refractivity contribution in [2.45, 2.75) is 51.2 Å². The third-order valence-electron chi connectivity index (χ3n) is 3.82. The molecule has 106 valence electrons. The van der Waals surface area contributed by atoms with Crippen LogP contribution in [-0.2, 0) is 0 Å². The first kappa shape index (κ1) is 14.4. The summed E-state index contributed by atoms with van der Waals surface area (Å²) in [5, 5.41) is 0. The van der Waals surface area contributed by atoms with Gasteiger partial charge in [-0.25, -0.2) is 8.78 Å².